The van der Waals surface area contributed by atoms with Crippen molar-refractivity contribution in [1.82, 2.24) is 0 Å². The number of esters is 1. The molecule has 0 radical (unpaired) electrons. The smallest absolute Gasteiger partial charge is 0.330 e. The molecule has 0 aromatic carbocycles. The number of hydrogen-bond acceptors (Lipinski definition) is 5. The Morgan fingerprint density at radius 3 is 2.60 bits per heavy atom. The molecule has 5 nitrogen and oxygen atoms in total. The number of carbonyl (C=O) groups excluding carboxylic acids is 1. The van der Waals surface area contributed by atoms with Crippen LogP contribution < -0.4 is 0 Å². The van der Waals surface area contributed by atoms with E-state index in [4.69, 9.17) is 4.74 Å². The van der Waals surface area contributed by atoms with E-state index in [1.165, 1.54) is 6.08 Å². The second-order valence-corrected chi connectivity index (χ2v) is 5.51. The molecule has 0 saturated carbocycles. The van der Waals surface area contributed by atoms with Crippen LogP contribution in [0.1, 0.15) is 51.9 Å². The molecule has 0 saturated heterocycles. The highest BCUT2D eigenvalue weighted by atomic mass is 16.5. The van der Waals surface area contributed by atoms with Crippen LogP contribution in [0.25, 0.3) is 0 Å². The number of ether oxygens (including phenoxy) is 1. The van der Waals surface area contributed by atoms with Crippen molar-refractivity contribution in [2.75, 3.05) is 0 Å². The van der Waals surface area contributed by atoms with Crippen LogP contribution in [0.15, 0.2) is 12.2 Å². The Kier molecular flexibility index (Phi) is 7.80. The van der Waals surface area contributed by atoms with Gasteiger partial charge in [0.1, 0.15) is 6.10 Å². The molecule has 0 bridgehead atoms. The summed E-state index contributed by atoms with van der Waals surface area (Å²) in [6.45, 7) is 2.05. The van der Waals surface area contributed by atoms with E-state index in [9.17, 15) is 20.1 Å². The summed E-state index contributed by atoms with van der Waals surface area (Å²) < 4.78 is 5.06. The van der Waals surface area contributed by atoms with E-state index in [1.54, 1.807) is 6.08 Å². The predicted octanol–water partition coefficient (Wildman–Crippen LogP) is 1.30. The number of carbonyl (C=O) groups is 1. The van der Waals surface area contributed by atoms with Crippen molar-refractivity contribution in [1.29, 1.82) is 0 Å². The van der Waals surface area contributed by atoms with Gasteiger partial charge in [0.2, 0.25) is 0 Å². The van der Waals surface area contributed by atoms with Crippen molar-refractivity contribution in [2.45, 2.75) is 76.3 Å². The highest BCUT2D eigenvalue weighted by Gasteiger charge is 2.22. The highest BCUT2D eigenvalue weighted by molar-refractivity contribution is 5.82. The van der Waals surface area contributed by atoms with Gasteiger partial charge >= 0.3 is 5.97 Å². The van der Waals surface area contributed by atoms with Crippen LogP contribution in [-0.4, -0.2) is 45.7 Å². The maximum Gasteiger partial charge on any atom is 0.330 e. The first-order chi connectivity index (χ1) is 9.51. The molecule has 0 spiro atoms. The Bertz CT molecular complexity index is 315. The Hall–Kier alpha value is -0.910. The molecule has 20 heavy (non-hydrogen) atoms. The van der Waals surface area contributed by atoms with Gasteiger partial charge in [-0.3, -0.25) is 0 Å². The minimum absolute atomic E-state index is 0.195. The summed E-state index contributed by atoms with van der Waals surface area (Å²) in [5.74, 6) is -0.385. The molecular weight excluding hydrogens is 260 g/mol. The van der Waals surface area contributed by atoms with Crippen molar-refractivity contribution < 1.29 is 24.9 Å². The Morgan fingerprint density at radius 2 is 1.95 bits per heavy atom. The number of cyclic esters (lactones) is 1. The van der Waals surface area contributed by atoms with Gasteiger partial charge in [0.15, 0.2) is 0 Å². The average molecular weight is 286 g/mol. The van der Waals surface area contributed by atoms with Crippen molar-refractivity contribution >= 4 is 5.97 Å². The minimum atomic E-state index is -0.730. The molecule has 4 atom stereocenters. The molecule has 0 aliphatic carbocycles. The van der Waals surface area contributed by atoms with Crippen LogP contribution in [0.2, 0.25) is 0 Å². The standard InChI is InChI=1S/C15H26O5/c1-2-3-5-11(16)8-12(17)9-13(18)10-14-6-4-7-15(19)20-14/h4,7,11-14,16-18H,2-3,5-6,8-10H2,1H3/t11-,12-,13-,14-/m0/s1. The fourth-order valence-electron chi connectivity index (χ4n) is 2.39. The van der Waals surface area contributed by atoms with Gasteiger partial charge in [-0.1, -0.05) is 25.8 Å². The lowest BCUT2D eigenvalue weighted by Crippen LogP contribution is -2.28. The quantitative estimate of drug-likeness (QED) is 0.556. The zero-order valence-corrected chi connectivity index (χ0v) is 12.1. The van der Waals surface area contributed by atoms with Gasteiger partial charge < -0.3 is 20.1 Å². The van der Waals surface area contributed by atoms with Gasteiger partial charge in [-0.15, -0.1) is 0 Å². The van der Waals surface area contributed by atoms with E-state index in [0.29, 0.717) is 19.3 Å². The molecule has 5 heteroatoms. The summed E-state index contributed by atoms with van der Waals surface area (Å²) in [6, 6.07) is 0. The molecule has 0 aromatic heterocycles. The van der Waals surface area contributed by atoms with E-state index in [1.807, 2.05) is 6.92 Å². The largest absolute Gasteiger partial charge is 0.459 e. The Labute approximate surface area is 120 Å². The fraction of sp³-hybridized carbons (Fsp3) is 0.800. The van der Waals surface area contributed by atoms with Gasteiger partial charge in [0.05, 0.1) is 18.3 Å². The van der Waals surface area contributed by atoms with E-state index in [-0.39, 0.29) is 24.9 Å². The lowest BCUT2D eigenvalue weighted by Gasteiger charge is -2.23. The predicted molar refractivity (Wildman–Crippen MR) is 75.0 cm³/mol. The molecule has 1 rings (SSSR count). The molecule has 0 unspecified atom stereocenters. The summed E-state index contributed by atoms with van der Waals surface area (Å²) >= 11 is 0. The molecule has 0 amide bonds. The summed E-state index contributed by atoms with van der Waals surface area (Å²) in [6.07, 6.45) is 4.81. The zero-order chi connectivity index (χ0) is 15.0. The maximum absolute atomic E-state index is 11.0. The van der Waals surface area contributed by atoms with Gasteiger partial charge in [-0.2, -0.15) is 0 Å². The molecule has 1 heterocycles. The van der Waals surface area contributed by atoms with Crippen LogP contribution in [-0.2, 0) is 9.53 Å². The van der Waals surface area contributed by atoms with Crippen LogP contribution >= 0.6 is 0 Å². The van der Waals surface area contributed by atoms with Crippen LogP contribution in [0, 0.1) is 0 Å². The Morgan fingerprint density at radius 1 is 1.25 bits per heavy atom. The lowest BCUT2D eigenvalue weighted by molar-refractivity contribution is -0.145. The van der Waals surface area contributed by atoms with Crippen molar-refractivity contribution in [3.63, 3.8) is 0 Å². The third-order valence-electron chi connectivity index (χ3n) is 3.45. The topological polar surface area (TPSA) is 87.0 Å². The normalized spacial score (nSPS) is 23.2. The van der Waals surface area contributed by atoms with E-state index in [2.05, 4.69) is 0 Å². The first-order valence-corrected chi connectivity index (χ1v) is 7.42. The monoisotopic (exact) mass is 286 g/mol. The number of aliphatic hydroxyl groups excluding tert-OH is 3. The summed E-state index contributed by atoms with van der Waals surface area (Å²) in [4.78, 5) is 11.0. The maximum atomic E-state index is 11.0. The highest BCUT2D eigenvalue weighted by Crippen LogP contribution is 2.17. The van der Waals surface area contributed by atoms with Gasteiger partial charge in [-0.05, 0) is 19.3 Å². The van der Waals surface area contributed by atoms with Crippen molar-refractivity contribution in [3.8, 4) is 0 Å². The molecule has 116 valence electrons. The third kappa shape index (κ3) is 7.03. The van der Waals surface area contributed by atoms with Crippen LogP contribution in [0.3, 0.4) is 0 Å². The van der Waals surface area contributed by atoms with Gasteiger partial charge in [0, 0.05) is 18.9 Å². The van der Waals surface area contributed by atoms with E-state index < -0.39 is 18.3 Å². The number of hydrogen-bond donors (Lipinski definition) is 3. The van der Waals surface area contributed by atoms with Gasteiger partial charge in [-0.25, -0.2) is 4.79 Å². The molecule has 0 aromatic rings. The van der Waals surface area contributed by atoms with Crippen molar-refractivity contribution in [2.24, 2.45) is 0 Å². The number of rotatable bonds is 9. The SMILES string of the molecule is CCCC[C@H](O)C[C@H](O)C[C@H](O)C[C@@H]1CC=CC(=O)O1. The first-order valence-electron chi connectivity index (χ1n) is 7.42. The molecule has 1 aliphatic heterocycles. The van der Waals surface area contributed by atoms with Gasteiger partial charge in [0.25, 0.3) is 0 Å². The van der Waals surface area contributed by atoms with Crippen LogP contribution in [0.5, 0.6) is 0 Å². The second-order valence-electron chi connectivity index (χ2n) is 5.51. The fourth-order valence-corrected chi connectivity index (χ4v) is 2.39. The first kappa shape index (κ1) is 17.1. The second kappa shape index (κ2) is 9.10. The Balaban J connectivity index is 2.22. The van der Waals surface area contributed by atoms with E-state index >= 15 is 0 Å². The molecule has 0 fully saturated rings. The molecule has 1 aliphatic rings. The third-order valence-corrected chi connectivity index (χ3v) is 3.45. The summed E-state index contributed by atoms with van der Waals surface area (Å²) in [5, 5.41) is 29.4. The number of unbranched alkanes of at least 4 members (excludes halogenated alkanes) is 1. The summed E-state index contributed by atoms with van der Waals surface area (Å²) in [7, 11) is 0. The lowest BCUT2D eigenvalue weighted by atomic mass is 9.98. The minimum Gasteiger partial charge on any atom is -0.459 e. The van der Waals surface area contributed by atoms with E-state index in [0.717, 1.165) is 12.8 Å². The van der Waals surface area contributed by atoms with Crippen LogP contribution in [0.4, 0.5) is 0 Å². The summed E-state index contributed by atoms with van der Waals surface area (Å²) in [5.41, 5.74) is 0. The van der Waals surface area contributed by atoms with Crippen molar-refractivity contribution in [3.05, 3.63) is 12.2 Å². The average Bonchev–Trinajstić information content (AvgIpc) is 2.35. The molecule has 3 N–H and O–H groups in total. The number of aliphatic hydroxyl groups is 3. The molecular formula is C15H26O5. The zero-order valence-electron chi connectivity index (χ0n) is 12.1.